The summed E-state index contributed by atoms with van der Waals surface area (Å²) in [4.78, 5) is 12.7. The maximum Gasteiger partial charge on any atom is 0.139 e. The number of aliphatic hydroxyl groups is 1. The van der Waals surface area contributed by atoms with Crippen LogP contribution in [-0.2, 0) is 5.60 Å². The van der Waals surface area contributed by atoms with E-state index in [2.05, 4.69) is 46.1 Å². The van der Waals surface area contributed by atoms with Crippen molar-refractivity contribution in [2.75, 3.05) is 0 Å². The summed E-state index contributed by atoms with van der Waals surface area (Å²) in [5, 5.41) is 11.5. The molecule has 1 unspecified atom stereocenters. The van der Waals surface area contributed by atoms with Crippen molar-refractivity contribution in [3.8, 4) is 11.1 Å². The van der Waals surface area contributed by atoms with Crippen LogP contribution >= 0.6 is 0 Å². The molecule has 4 heteroatoms. The Morgan fingerprint density at radius 3 is 1.92 bits per heavy atom. The first kappa shape index (κ1) is 17.2. The van der Waals surface area contributed by atoms with Gasteiger partial charge in [-0.25, -0.2) is 9.97 Å². The van der Waals surface area contributed by atoms with Gasteiger partial charge in [-0.2, -0.15) is 0 Å². The Hall–Kier alpha value is -2.59. The standard InChI is InChI=1S/C21H23N3O/c1-15-5-7-16(8-6-15)17-9-10-19(24-11-17)21(25,20(2,3)4)18-12-22-14-23-13-18/h5-14,25H,1-4H3. The zero-order valence-corrected chi connectivity index (χ0v) is 15.1. The number of aromatic nitrogens is 3. The van der Waals surface area contributed by atoms with E-state index >= 15 is 0 Å². The molecular weight excluding hydrogens is 310 g/mol. The minimum Gasteiger partial charge on any atom is -0.378 e. The van der Waals surface area contributed by atoms with Crippen LogP contribution in [0.5, 0.6) is 0 Å². The first-order valence-corrected chi connectivity index (χ1v) is 8.34. The highest BCUT2D eigenvalue weighted by Crippen LogP contribution is 2.43. The fourth-order valence-corrected chi connectivity index (χ4v) is 2.98. The topological polar surface area (TPSA) is 58.9 Å². The van der Waals surface area contributed by atoms with Gasteiger partial charge in [0.05, 0.1) is 5.69 Å². The van der Waals surface area contributed by atoms with Crippen LogP contribution in [0.15, 0.2) is 61.3 Å². The van der Waals surface area contributed by atoms with Gasteiger partial charge in [0.25, 0.3) is 0 Å². The van der Waals surface area contributed by atoms with Gasteiger partial charge in [0.15, 0.2) is 0 Å². The number of hydrogen-bond donors (Lipinski definition) is 1. The van der Waals surface area contributed by atoms with Gasteiger partial charge in [-0.05, 0) is 18.6 Å². The van der Waals surface area contributed by atoms with E-state index in [0.717, 1.165) is 11.1 Å². The summed E-state index contributed by atoms with van der Waals surface area (Å²) < 4.78 is 0. The zero-order valence-electron chi connectivity index (χ0n) is 15.1. The Bertz CT molecular complexity index is 837. The summed E-state index contributed by atoms with van der Waals surface area (Å²) in [6.45, 7) is 8.01. The molecule has 1 atom stereocenters. The van der Waals surface area contributed by atoms with Gasteiger partial charge in [-0.1, -0.05) is 56.7 Å². The third-order valence-corrected chi connectivity index (χ3v) is 4.58. The maximum absolute atomic E-state index is 11.5. The average Bonchev–Trinajstić information content (AvgIpc) is 2.62. The molecule has 25 heavy (non-hydrogen) atoms. The van der Waals surface area contributed by atoms with Crippen LogP contribution in [0.4, 0.5) is 0 Å². The van der Waals surface area contributed by atoms with E-state index in [1.165, 1.54) is 11.9 Å². The van der Waals surface area contributed by atoms with E-state index in [1.807, 2.05) is 32.9 Å². The van der Waals surface area contributed by atoms with E-state index in [0.29, 0.717) is 11.3 Å². The van der Waals surface area contributed by atoms with Crippen LogP contribution in [-0.4, -0.2) is 20.1 Å². The lowest BCUT2D eigenvalue weighted by atomic mass is 9.70. The summed E-state index contributed by atoms with van der Waals surface area (Å²) in [6, 6.07) is 12.2. The second-order valence-electron chi connectivity index (χ2n) is 7.39. The number of hydrogen-bond acceptors (Lipinski definition) is 4. The zero-order chi connectivity index (χ0) is 18.1. The van der Waals surface area contributed by atoms with Gasteiger partial charge in [-0.15, -0.1) is 0 Å². The molecular formula is C21H23N3O. The highest BCUT2D eigenvalue weighted by molar-refractivity contribution is 5.63. The molecule has 3 rings (SSSR count). The SMILES string of the molecule is Cc1ccc(-c2ccc(C(O)(c3cncnc3)C(C)(C)C)nc2)cc1. The number of benzene rings is 1. The quantitative estimate of drug-likeness (QED) is 0.783. The Labute approximate surface area is 148 Å². The van der Waals surface area contributed by atoms with Crippen LogP contribution in [0.3, 0.4) is 0 Å². The van der Waals surface area contributed by atoms with Gasteiger partial charge >= 0.3 is 0 Å². The van der Waals surface area contributed by atoms with Crippen molar-refractivity contribution in [2.45, 2.75) is 33.3 Å². The number of pyridine rings is 1. The first-order chi connectivity index (χ1) is 11.8. The minimum atomic E-state index is -1.28. The lowest BCUT2D eigenvalue weighted by Crippen LogP contribution is -2.42. The molecule has 128 valence electrons. The van der Waals surface area contributed by atoms with Crippen molar-refractivity contribution in [3.05, 3.63) is 78.1 Å². The third-order valence-electron chi connectivity index (χ3n) is 4.58. The Morgan fingerprint density at radius 2 is 1.40 bits per heavy atom. The molecule has 0 aliphatic carbocycles. The van der Waals surface area contributed by atoms with Crippen molar-refractivity contribution in [1.82, 2.24) is 15.0 Å². The highest BCUT2D eigenvalue weighted by atomic mass is 16.3. The molecule has 0 saturated carbocycles. The molecule has 0 amide bonds. The van der Waals surface area contributed by atoms with E-state index in [9.17, 15) is 5.11 Å². The molecule has 1 aromatic carbocycles. The molecule has 0 aliphatic heterocycles. The van der Waals surface area contributed by atoms with Gasteiger partial charge in [0.2, 0.25) is 0 Å². The van der Waals surface area contributed by atoms with E-state index in [1.54, 1.807) is 18.6 Å². The van der Waals surface area contributed by atoms with Crippen LogP contribution in [0.1, 0.15) is 37.6 Å². The Kier molecular flexibility index (Phi) is 4.39. The molecule has 2 heterocycles. The largest absolute Gasteiger partial charge is 0.378 e. The van der Waals surface area contributed by atoms with Gasteiger partial charge in [0, 0.05) is 35.1 Å². The molecule has 3 aromatic rings. The van der Waals surface area contributed by atoms with Crippen molar-refractivity contribution in [2.24, 2.45) is 5.41 Å². The molecule has 1 N–H and O–H groups in total. The molecule has 4 nitrogen and oxygen atoms in total. The van der Waals surface area contributed by atoms with Gasteiger partial charge in [0.1, 0.15) is 11.9 Å². The second kappa shape index (κ2) is 6.37. The summed E-state index contributed by atoms with van der Waals surface area (Å²) in [5.74, 6) is 0. The number of aryl methyl sites for hydroxylation is 1. The molecule has 0 fully saturated rings. The van der Waals surface area contributed by atoms with E-state index < -0.39 is 11.0 Å². The molecule has 2 aromatic heterocycles. The fourth-order valence-electron chi connectivity index (χ4n) is 2.98. The molecule has 0 radical (unpaired) electrons. The van der Waals surface area contributed by atoms with Gasteiger partial charge in [-0.3, -0.25) is 4.98 Å². The Morgan fingerprint density at radius 1 is 0.800 bits per heavy atom. The van der Waals surface area contributed by atoms with Crippen molar-refractivity contribution < 1.29 is 5.11 Å². The Balaban J connectivity index is 2.05. The monoisotopic (exact) mass is 333 g/mol. The number of rotatable bonds is 3. The normalized spacial score (nSPS) is 14.1. The van der Waals surface area contributed by atoms with Crippen molar-refractivity contribution in [3.63, 3.8) is 0 Å². The summed E-state index contributed by atoms with van der Waals surface area (Å²) in [7, 11) is 0. The molecule has 0 saturated heterocycles. The summed E-state index contributed by atoms with van der Waals surface area (Å²) in [6.07, 6.45) is 6.56. The van der Waals surface area contributed by atoms with E-state index in [-0.39, 0.29) is 0 Å². The van der Waals surface area contributed by atoms with Crippen molar-refractivity contribution in [1.29, 1.82) is 0 Å². The lowest BCUT2D eigenvalue weighted by Gasteiger charge is -2.39. The van der Waals surface area contributed by atoms with Crippen LogP contribution in [0, 0.1) is 12.3 Å². The average molecular weight is 333 g/mol. The number of nitrogens with zero attached hydrogens (tertiary/aromatic N) is 3. The minimum absolute atomic E-state index is 0.476. The van der Waals surface area contributed by atoms with Crippen LogP contribution in [0.25, 0.3) is 11.1 Å². The van der Waals surface area contributed by atoms with Crippen LogP contribution in [0.2, 0.25) is 0 Å². The molecule has 0 bridgehead atoms. The highest BCUT2D eigenvalue weighted by Gasteiger charge is 2.45. The molecule has 0 aliphatic rings. The second-order valence-corrected chi connectivity index (χ2v) is 7.39. The summed E-state index contributed by atoms with van der Waals surface area (Å²) >= 11 is 0. The fraction of sp³-hybridized carbons (Fsp3) is 0.286. The maximum atomic E-state index is 11.5. The predicted molar refractivity (Wildman–Crippen MR) is 98.9 cm³/mol. The molecule has 0 spiro atoms. The predicted octanol–water partition coefficient (Wildman–Crippen LogP) is 4.13. The van der Waals surface area contributed by atoms with Crippen molar-refractivity contribution >= 4 is 0 Å². The van der Waals surface area contributed by atoms with E-state index in [4.69, 9.17) is 0 Å². The van der Waals surface area contributed by atoms with Gasteiger partial charge < -0.3 is 5.11 Å². The smallest absolute Gasteiger partial charge is 0.139 e. The summed E-state index contributed by atoms with van der Waals surface area (Å²) in [5.41, 5.74) is 2.82. The lowest BCUT2D eigenvalue weighted by molar-refractivity contribution is -0.0301. The first-order valence-electron chi connectivity index (χ1n) is 8.34. The third kappa shape index (κ3) is 3.17. The van der Waals surface area contributed by atoms with Crippen LogP contribution < -0.4 is 0 Å².